The number of anilines is 1. The van der Waals surface area contributed by atoms with Crippen molar-refractivity contribution in [2.45, 2.75) is 56.7 Å². The number of ether oxygens (including phenoxy) is 1. The molecule has 2 aromatic rings. The molecular weight excluding hydrogens is 380 g/mol. The lowest BCUT2D eigenvalue weighted by atomic mass is 10.1. The molecule has 150 valence electrons. The highest BCUT2D eigenvalue weighted by Gasteiger charge is 2.23. The van der Waals surface area contributed by atoms with E-state index in [1.165, 1.54) is 11.8 Å². The van der Waals surface area contributed by atoms with Crippen LogP contribution in [-0.2, 0) is 16.1 Å². The Kier molecular flexibility index (Phi) is 6.63. The summed E-state index contributed by atoms with van der Waals surface area (Å²) in [5.41, 5.74) is 2.69. The zero-order valence-corrected chi connectivity index (χ0v) is 17.0. The van der Waals surface area contributed by atoms with E-state index < -0.39 is 17.2 Å². The molecule has 9 nitrogen and oxygen atoms in total. The number of urea groups is 1. The number of rotatable bonds is 6. The summed E-state index contributed by atoms with van der Waals surface area (Å²) in [7, 11) is 0. The molecular formula is C18H24N6O3S. The number of imide groups is 1. The quantitative estimate of drug-likeness (QED) is 0.711. The second-order valence-corrected chi connectivity index (χ2v) is 8.11. The minimum absolute atomic E-state index is 0.0931. The first kappa shape index (κ1) is 20.3. The van der Waals surface area contributed by atoms with Crippen LogP contribution in [0.15, 0.2) is 23.4 Å². The van der Waals surface area contributed by atoms with Crippen LogP contribution in [0.25, 0.3) is 0 Å². The van der Waals surface area contributed by atoms with E-state index in [9.17, 15) is 9.59 Å². The molecule has 0 aliphatic carbocycles. The smallest absolute Gasteiger partial charge is 0.325 e. The second kappa shape index (κ2) is 9.16. The zero-order valence-electron chi connectivity index (χ0n) is 16.1. The molecule has 1 saturated heterocycles. The van der Waals surface area contributed by atoms with Crippen molar-refractivity contribution in [2.75, 3.05) is 11.9 Å². The van der Waals surface area contributed by atoms with Gasteiger partial charge in [0, 0.05) is 12.3 Å². The lowest BCUT2D eigenvalue weighted by molar-refractivity contribution is -0.119. The van der Waals surface area contributed by atoms with Crippen LogP contribution < -0.4 is 10.6 Å². The van der Waals surface area contributed by atoms with Gasteiger partial charge in [0.1, 0.15) is 0 Å². The van der Waals surface area contributed by atoms with E-state index in [0.29, 0.717) is 17.4 Å². The van der Waals surface area contributed by atoms with Gasteiger partial charge in [-0.15, -0.1) is 5.10 Å². The van der Waals surface area contributed by atoms with Gasteiger partial charge in [-0.1, -0.05) is 29.5 Å². The van der Waals surface area contributed by atoms with Crippen LogP contribution in [-0.4, -0.2) is 50.1 Å². The molecule has 0 radical (unpaired) electrons. The number of thioether (sulfide) groups is 1. The number of amides is 3. The molecule has 0 saturated carbocycles. The Morgan fingerprint density at radius 1 is 1.39 bits per heavy atom. The maximum absolute atomic E-state index is 12.4. The van der Waals surface area contributed by atoms with Crippen LogP contribution in [0.1, 0.15) is 30.9 Å². The number of nitrogens with zero attached hydrogens (tertiary/aromatic N) is 4. The number of hydrogen-bond donors (Lipinski definition) is 2. The molecule has 1 aliphatic heterocycles. The van der Waals surface area contributed by atoms with Crippen molar-refractivity contribution in [1.29, 1.82) is 0 Å². The van der Waals surface area contributed by atoms with Crippen molar-refractivity contribution < 1.29 is 14.3 Å². The molecule has 3 amide bonds. The van der Waals surface area contributed by atoms with E-state index in [-0.39, 0.29) is 6.10 Å². The van der Waals surface area contributed by atoms with Crippen molar-refractivity contribution >= 4 is 29.4 Å². The number of hydrogen-bond acceptors (Lipinski definition) is 7. The molecule has 1 fully saturated rings. The number of carbonyl (C=O) groups excluding carboxylic acids is 2. The van der Waals surface area contributed by atoms with Gasteiger partial charge in [-0.25, -0.2) is 9.48 Å². The average molecular weight is 404 g/mol. The molecule has 1 aromatic carbocycles. The summed E-state index contributed by atoms with van der Waals surface area (Å²) in [5, 5.41) is 16.7. The predicted octanol–water partition coefficient (Wildman–Crippen LogP) is 2.30. The summed E-state index contributed by atoms with van der Waals surface area (Å²) in [6.45, 7) is 6.89. The largest absolute Gasteiger partial charge is 0.376 e. The van der Waals surface area contributed by atoms with E-state index in [2.05, 4.69) is 26.2 Å². The first-order valence-corrected chi connectivity index (χ1v) is 10.0. The fourth-order valence-electron chi connectivity index (χ4n) is 2.91. The molecule has 3 rings (SSSR count). The van der Waals surface area contributed by atoms with Crippen molar-refractivity contribution in [3.63, 3.8) is 0 Å². The van der Waals surface area contributed by atoms with E-state index in [1.54, 1.807) is 11.6 Å². The zero-order chi connectivity index (χ0) is 20.1. The Hall–Kier alpha value is -2.46. The summed E-state index contributed by atoms with van der Waals surface area (Å²) in [6, 6.07) is 5.11. The standard InChI is InChI=1S/C18H24N6O3S/c1-11-6-7-15(12(2)9-11)19-17(26)20-16(25)13(3)28-18-21-22-23-24(18)10-14-5-4-8-27-14/h6-7,9,13-14H,4-5,8,10H2,1-3H3,(H2,19,20,25,26)/t13-,14-/m1/s1. The summed E-state index contributed by atoms with van der Waals surface area (Å²) in [6.07, 6.45) is 2.10. The summed E-state index contributed by atoms with van der Waals surface area (Å²) >= 11 is 1.20. The van der Waals surface area contributed by atoms with E-state index in [4.69, 9.17) is 4.74 Å². The van der Waals surface area contributed by atoms with Crippen LogP contribution in [0.4, 0.5) is 10.5 Å². The van der Waals surface area contributed by atoms with Gasteiger partial charge in [0.05, 0.1) is 17.9 Å². The van der Waals surface area contributed by atoms with Crippen LogP contribution >= 0.6 is 11.8 Å². The Labute approximate surface area is 167 Å². The van der Waals surface area contributed by atoms with Gasteiger partial charge >= 0.3 is 6.03 Å². The minimum Gasteiger partial charge on any atom is -0.376 e. The van der Waals surface area contributed by atoms with Gasteiger partial charge in [0.2, 0.25) is 11.1 Å². The number of aromatic nitrogens is 4. The van der Waals surface area contributed by atoms with Gasteiger partial charge in [-0.2, -0.15) is 0 Å². The molecule has 0 unspecified atom stereocenters. The SMILES string of the molecule is Cc1ccc(NC(=O)NC(=O)[C@@H](C)Sc2nnnn2C[C@H]2CCCO2)c(C)c1. The van der Waals surface area contributed by atoms with Crippen molar-refractivity contribution in [2.24, 2.45) is 0 Å². The van der Waals surface area contributed by atoms with Gasteiger partial charge in [-0.05, 0) is 55.7 Å². The molecule has 10 heteroatoms. The molecule has 28 heavy (non-hydrogen) atoms. The van der Waals surface area contributed by atoms with Crippen LogP contribution in [0.2, 0.25) is 0 Å². The normalized spacial score (nSPS) is 17.3. The van der Waals surface area contributed by atoms with Crippen LogP contribution in [0.3, 0.4) is 0 Å². The molecule has 2 N–H and O–H groups in total. The van der Waals surface area contributed by atoms with Crippen LogP contribution in [0, 0.1) is 13.8 Å². The first-order valence-electron chi connectivity index (χ1n) is 9.16. The van der Waals surface area contributed by atoms with Gasteiger partial charge in [0.15, 0.2) is 0 Å². The van der Waals surface area contributed by atoms with Crippen molar-refractivity contribution in [3.05, 3.63) is 29.3 Å². The molecule has 1 aliphatic rings. The lowest BCUT2D eigenvalue weighted by Gasteiger charge is -2.14. The molecule has 1 aromatic heterocycles. The third kappa shape index (κ3) is 5.29. The number of nitrogens with one attached hydrogen (secondary N) is 2. The molecule has 0 bridgehead atoms. The van der Waals surface area contributed by atoms with Gasteiger partial charge < -0.3 is 10.1 Å². The Morgan fingerprint density at radius 3 is 2.93 bits per heavy atom. The first-order chi connectivity index (χ1) is 13.4. The fraction of sp³-hybridized carbons (Fsp3) is 0.500. The summed E-state index contributed by atoms with van der Waals surface area (Å²) in [4.78, 5) is 24.5. The van der Waals surface area contributed by atoms with E-state index >= 15 is 0 Å². The maximum Gasteiger partial charge on any atom is 0.325 e. The Balaban J connectivity index is 1.53. The van der Waals surface area contributed by atoms with Gasteiger partial charge in [0.25, 0.3) is 0 Å². The predicted molar refractivity (Wildman–Crippen MR) is 105 cm³/mol. The number of tetrazole rings is 1. The van der Waals surface area contributed by atoms with Crippen LogP contribution in [0.5, 0.6) is 0 Å². The summed E-state index contributed by atoms with van der Waals surface area (Å²) < 4.78 is 7.24. The lowest BCUT2D eigenvalue weighted by Crippen LogP contribution is -2.39. The molecule has 0 spiro atoms. The van der Waals surface area contributed by atoms with Crippen molar-refractivity contribution in [3.8, 4) is 0 Å². The highest BCUT2D eigenvalue weighted by atomic mass is 32.2. The molecule has 2 heterocycles. The monoisotopic (exact) mass is 404 g/mol. The molecule has 2 atom stereocenters. The van der Waals surface area contributed by atoms with E-state index in [0.717, 1.165) is 30.6 Å². The average Bonchev–Trinajstić information content (AvgIpc) is 3.30. The van der Waals surface area contributed by atoms with Gasteiger partial charge in [-0.3, -0.25) is 10.1 Å². The number of aryl methyl sites for hydroxylation is 2. The van der Waals surface area contributed by atoms with Crippen molar-refractivity contribution in [1.82, 2.24) is 25.5 Å². The topological polar surface area (TPSA) is 111 Å². The highest BCUT2D eigenvalue weighted by molar-refractivity contribution is 8.00. The highest BCUT2D eigenvalue weighted by Crippen LogP contribution is 2.22. The minimum atomic E-state index is -0.566. The summed E-state index contributed by atoms with van der Waals surface area (Å²) in [5.74, 6) is -0.418. The second-order valence-electron chi connectivity index (χ2n) is 6.80. The number of carbonyl (C=O) groups is 2. The third-order valence-electron chi connectivity index (χ3n) is 4.42. The Bertz CT molecular complexity index is 850. The fourth-order valence-corrected chi connectivity index (χ4v) is 3.71. The number of benzene rings is 1. The Morgan fingerprint density at radius 2 is 2.21 bits per heavy atom. The third-order valence-corrected chi connectivity index (χ3v) is 5.49. The van der Waals surface area contributed by atoms with E-state index in [1.807, 2.05) is 32.0 Å². The maximum atomic E-state index is 12.4.